The maximum atomic E-state index is 10.9. The third kappa shape index (κ3) is 4.45. The van der Waals surface area contributed by atoms with Crippen LogP contribution in [0.3, 0.4) is 0 Å². The molecule has 0 radical (unpaired) electrons. The lowest BCUT2D eigenvalue weighted by atomic mass is 10.2. The van der Waals surface area contributed by atoms with Gasteiger partial charge in [-0.2, -0.15) is 5.10 Å². The summed E-state index contributed by atoms with van der Waals surface area (Å²) in [4.78, 5) is 15.4. The van der Waals surface area contributed by atoms with Gasteiger partial charge in [0.05, 0.1) is 11.1 Å². The molecule has 1 aromatic carbocycles. The zero-order valence-electron chi connectivity index (χ0n) is 13.2. The van der Waals surface area contributed by atoms with Crippen molar-refractivity contribution in [3.63, 3.8) is 0 Å². The van der Waals surface area contributed by atoms with Crippen LogP contribution in [0, 0.1) is 17.0 Å². The first-order chi connectivity index (χ1) is 12.1. The number of nitrogens with zero attached hydrogens (tertiary/aromatic N) is 3. The van der Waals surface area contributed by atoms with Gasteiger partial charge in [-0.25, -0.2) is 4.98 Å². The molecular formula is C17H14N4O3S. The van der Waals surface area contributed by atoms with E-state index >= 15 is 0 Å². The van der Waals surface area contributed by atoms with Gasteiger partial charge in [-0.05, 0) is 37.3 Å². The van der Waals surface area contributed by atoms with Gasteiger partial charge in [0.25, 0.3) is 0 Å². The number of hydrogen-bond donors (Lipinski definition) is 1. The minimum absolute atomic E-state index is 0.0737. The Morgan fingerprint density at radius 2 is 2.04 bits per heavy atom. The Hall–Kier alpha value is -3.13. The molecule has 25 heavy (non-hydrogen) atoms. The molecule has 0 aliphatic heterocycles. The van der Waals surface area contributed by atoms with Crippen molar-refractivity contribution in [2.24, 2.45) is 5.10 Å². The maximum Gasteiger partial charge on any atom is 0.313 e. The van der Waals surface area contributed by atoms with Crippen LogP contribution in [0.2, 0.25) is 0 Å². The molecule has 0 bridgehead atoms. The van der Waals surface area contributed by atoms with Crippen LogP contribution in [0.1, 0.15) is 11.3 Å². The van der Waals surface area contributed by atoms with Gasteiger partial charge in [0.2, 0.25) is 5.82 Å². The molecule has 0 unspecified atom stereocenters. The van der Waals surface area contributed by atoms with Gasteiger partial charge >= 0.3 is 5.69 Å². The van der Waals surface area contributed by atoms with Gasteiger partial charge in [0, 0.05) is 17.2 Å². The zero-order valence-corrected chi connectivity index (χ0v) is 14.1. The molecule has 2 aromatic heterocycles. The van der Waals surface area contributed by atoms with E-state index < -0.39 is 4.92 Å². The molecular weight excluding hydrogens is 340 g/mol. The fourth-order valence-corrected chi connectivity index (χ4v) is 2.75. The van der Waals surface area contributed by atoms with Crippen LogP contribution in [-0.2, 0) is 0 Å². The van der Waals surface area contributed by atoms with Crippen LogP contribution in [0.15, 0.2) is 74.2 Å². The molecule has 2 heterocycles. The molecule has 3 rings (SSSR count). The van der Waals surface area contributed by atoms with Crippen molar-refractivity contribution in [3.8, 4) is 0 Å². The standard InChI is InChI=1S/C17H14N4O3S/c1-12-4-7-14(8-5-12)25-16-9-6-13(24-16)11-19-20-17-15(21(22)23)3-2-10-18-17/h2-11H,1H3,(H,18,20)/b19-11-. The van der Waals surface area contributed by atoms with Crippen LogP contribution in [0.4, 0.5) is 11.5 Å². The van der Waals surface area contributed by atoms with E-state index in [-0.39, 0.29) is 11.5 Å². The highest BCUT2D eigenvalue weighted by Crippen LogP contribution is 2.29. The van der Waals surface area contributed by atoms with Crippen molar-refractivity contribution >= 4 is 29.5 Å². The zero-order chi connectivity index (χ0) is 17.6. The molecule has 8 heteroatoms. The monoisotopic (exact) mass is 354 g/mol. The molecule has 0 atom stereocenters. The van der Waals surface area contributed by atoms with Gasteiger partial charge in [0.1, 0.15) is 5.76 Å². The van der Waals surface area contributed by atoms with Crippen molar-refractivity contribution in [1.82, 2.24) is 4.98 Å². The van der Waals surface area contributed by atoms with E-state index in [0.29, 0.717) is 5.76 Å². The molecule has 126 valence electrons. The van der Waals surface area contributed by atoms with E-state index in [1.807, 2.05) is 37.3 Å². The number of nitrogens with one attached hydrogen (secondary N) is 1. The van der Waals surface area contributed by atoms with E-state index in [4.69, 9.17) is 4.42 Å². The first-order valence-corrected chi connectivity index (χ1v) is 8.16. The number of benzene rings is 1. The predicted molar refractivity (Wildman–Crippen MR) is 96.1 cm³/mol. The largest absolute Gasteiger partial charge is 0.448 e. The molecule has 0 aliphatic carbocycles. The Bertz CT molecular complexity index is 906. The van der Waals surface area contributed by atoms with Gasteiger partial charge in [-0.15, -0.1) is 0 Å². The number of nitro groups is 1. The summed E-state index contributed by atoms with van der Waals surface area (Å²) >= 11 is 1.50. The molecule has 0 spiro atoms. The number of pyridine rings is 1. The Balaban J connectivity index is 1.64. The molecule has 1 N–H and O–H groups in total. The second-order valence-electron chi connectivity index (χ2n) is 5.07. The fraction of sp³-hybridized carbons (Fsp3) is 0.0588. The molecule has 0 saturated carbocycles. The van der Waals surface area contributed by atoms with E-state index in [1.54, 1.807) is 6.07 Å². The van der Waals surface area contributed by atoms with Crippen LogP contribution in [0.5, 0.6) is 0 Å². The highest BCUT2D eigenvalue weighted by atomic mass is 32.2. The van der Waals surface area contributed by atoms with E-state index in [1.165, 1.54) is 41.9 Å². The molecule has 0 amide bonds. The summed E-state index contributed by atoms with van der Waals surface area (Å²) < 4.78 is 5.65. The van der Waals surface area contributed by atoms with E-state index in [9.17, 15) is 10.1 Å². The van der Waals surface area contributed by atoms with Crippen molar-refractivity contribution in [2.45, 2.75) is 16.9 Å². The van der Waals surface area contributed by atoms with Gasteiger partial charge in [0.15, 0.2) is 5.09 Å². The normalized spacial score (nSPS) is 10.9. The van der Waals surface area contributed by atoms with Crippen LogP contribution in [-0.4, -0.2) is 16.1 Å². The highest BCUT2D eigenvalue weighted by molar-refractivity contribution is 7.99. The first-order valence-electron chi connectivity index (χ1n) is 7.34. The Labute approximate surface area is 147 Å². The van der Waals surface area contributed by atoms with Crippen molar-refractivity contribution in [1.29, 1.82) is 0 Å². The summed E-state index contributed by atoms with van der Waals surface area (Å²) in [5.74, 6) is 0.602. The van der Waals surface area contributed by atoms with Gasteiger partial charge in [-0.3, -0.25) is 15.5 Å². The second-order valence-corrected chi connectivity index (χ2v) is 6.15. The van der Waals surface area contributed by atoms with Crippen LogP contribution >= 0.6 is 11.8 Å². The summed E-state index contributed by atoms with van der Waals surface area (Å²) in [6.07, 6.45) is 2.89. The number of hydrogen-bond acceptors (Lipinski definition) is 7. The number of rotatable bonds is 6. The summed E-state index contributed by atoms with van der Waals surface area (Å²) in [7, 11) is 0. The van der Waals surface area contributed by atoms with Crippen LogP contribution in [0.25, 0.3) is 0 Å². The molecule has 0 saturated heterocycles. The quantitative estimate of drug-likeness (QED) is 0.398. The Kier molecular flexibility index (Phi) is 5.10. The van der Waals surface area contributed by atoms with Crippen molar-refractivity contribution in [3.05, 3.63) is 76.2 Å². The fourth-order valence-electron chi connectivity index (χ4n) is 1.97. The summed E-state index contributed by atoms with van der Waals surface area (Å²) in [6, 6.07) is 14.6. The first kappa shape index (κ1) is 16.7. The maximum absolute atomic E-state index is 10.9. The van der Waals surface area contributed by atoms with Crippen molar-refractivity contribution < 1.29 is 9.34 Å². The van der Waals surface area contributed by atoms with E-state index in [0.717, 1.165) is 9.99 Å². The van der Waals surface area contributed by atoms with Crippen LogP contribution < -0.4 is 5.43 Å². The summed E-state index contributed by atoms with van der Waals surface area (Å²) in [6.45, 7) is 2.04. The SMILES string of the molecule is Cc1ccc(Sc2ccc(/C=N\Nc3ncccc3[N+](=O)[O-])o2)cc1. The third-order valence-electron chi connectivity index (χ3n) is 3.19. The lowest BCUT2D eigenvalue weighted by Crippen LogP contribution is -1.98. The Morgan fingerprint density at radius 3 is 2.80 bits per heavy atom. The topological polar surface area (TPSA) is 93.6 Å². The van der Waals surface area contributed by atoms with E-state index in [2.05, 4.69) is 15.5 Å². The third-order valence-corrected chi connectivity index (χ3v) is 4.12. The Morgan fingerprint density at radius 1 is 1.24 bits per heavy atom. The molecule has 0 aliphatic rings. The smallest absolute Gasteiger partial charge is 0.313 e. The second kappa shape index (κ2) is 7.63. The highest BCUT2D eigenvalue weighted by Gasteiger charge is 2.13. The van der Waals surface area contributed by atoms with Gasteiger partial charge < -0.3 is 4.42 Å². The number of anilines is 1. The number of hydrazone groups is 1. The van der Waals surface area contributed by atoms with Gasteiger partial charge in [-0.1, -0.05) is 29.5 Å². The summed E-state index contributed by atoms with van der Waals surface area (Å²) in [5, 5.41) is 15.6. The number of aryl methyl sites for hydroxylation is 1. The number of furan rings is 1. The minimum atomic E-state index is -0.520. The van der Waals surface area contributed by atoms with Crippen molar-refractivity contribution in [2.75, 3.05) is 5.43 Å². The molecule has 7 nitrogen and oxygen atoms in total. The minimum Gasteiger partial charge on any atom is -0.448 e. The average Bonchev–Trinajstić information content (AvgIpc) is 3.04. The molecule has 3 aromatic rings. The molecule has 0 fully saturated rings. The predicted octanol–water partition coefficient (Wildman–Crippen LogP) is 4.49. The number of aromatic nitrogens is 1. The lowest BCUT2D eigenvalue weighted by molar-refractivity contribution is -0.384. The summed E-state index contributed by atoms with van der Waals surface area (Å²) in [5.41, 5.74) is 3.61. The average molecular weight is 354 g/mol. The lowest BCUT2D eigenvalue weighted by Gasteiger charge is -1.99.